The van der Waals surface area contributed by atoms with Crippen molar-refractivity contribution in [2.75, 3.05) is 5.32 Å². The summed E-state index contributed by atoms with van der Waals surface area (Å²) in [7, 11) is 0. The molecule has 0 aliphatic rings. The van der Waals surface area contributed by atoms with Crippen molar-refractivity contribution in [3.05, 3.63) is 50.3 Å². The maximum absolute atomic E-state index is 6.14. The topological polar surface area (TPSA) is 25.2 Å². The van der Waals surface area contributed by atoms with Gasteiger partial charge in [0.05, 0.1) is 22.3 Å². The number of hydrogen-bond acceptors (Lipinski definition) is 2. The molecule has 0 radical (unpaired) electrons. The fourth-order valence-corrected chi connectivity index (χ4v) is 2.39. The normalized spacial score (nSPS) is 10.7. The Labute approximate surface area is 124 Å². The third-order valence-electron chi connectivity index (χ3n) is 2.55. The predicted octanol–water partition coefficient (Wildman–Crippen LogP) is 5.52. The molecule has 2 nitrogen and oxygen atoms in total. The molecule has 1 aromatic carbocycles. The maximum Gasteiger partial charge on any atom is 0.123 e. The first kappa shape index (κ1) is 13.8. The van der Waals surface area contributed by atoms with Crippen LogP contribution in [0.4, 0.5) is 5.69 Å². The van der Waals surface area contributed by atoms with Gasteiger partial charge in [-0.1, -0.05) is 30.1 Å². The van der Waals surface area contributed by atoms with Gasteiger partial charge < -0.3 is 9.73 Å². The zero-order valence-electron chi connectivity index (χ0n) is 9.77. The van der Waals surface area contributed by atoms with E-state index in [-0.39, 0.29) is 0 Å². The summed E-state index contributed by atoms with van der Waals surface area (Å²) in [6.45, 7) is 2.64. The number of hydrogen-bond donors (Lipinski definition) is 1. The van der Waals surface area contributed by atoms with Crippen molar-refractivity contribution in [3.63, 3.8) is 0 Å². The summed E-state index contributed by atoms with van der Waals surface area (Å²) in [6.07, 6.45) is 0.894. The van der Waals surface area contributed by atoms with Crippen LogP contribution in [0.5, 0.6) is 0 Å². The Balaban J connectivity index is 2.08. The number of anilines is 1. The lowest BCUT2D eigenvalue weighted by Gasteiger charge is -2.09. The molecule has 0 bridgehead atoms. The summed E-state index contributed by atoms with van der Waals surface area (Å²) < 4.78 is 6.38. The van der Waals surface area contributed by atoms with Gasteiger partial charge in [0.2, 0.25) is 0 Å². The van der Waals surface area contributed by atoms with Gasteiger partial charge in [0.15, 0.2) is 0 Å². The Kier molecular flexibility index (Phi) is 4.60. The summed E-state index contributed by atoms with van der Waals surface area (Å²) >= 11 is 15.5. The first-order valence-electron chi connectivity index (χ1n) is 5.56. The molecule has 0 atom stereocenters. The highest BCUT2D eigenvalue weighted by Gasteiger charge is 2.08. The van der Waals surface area contributed by atoms with Gasteiger partial charge in [-0.3, -0.25) is 0 Å². The van der Waals surface area contributed by atoms with Crippen LogP contribution in [0.25, 0.3) is 0 Å². The van der Waals surface area contributed by atoms with E-state index in [1.165, 1.54) is 0 Å². The van der Waals surface area contributed by atoms with Crippen molar-refractivity contribution in [2.45, 2.75) is 19.9 Å². The lowest BCUT2D eigenvalue weighted by Crippen LogP contribution is -1.99. The van der Waals surface area contributed by atoms with E-state index in [9.17, 15) is 0 Å². The molecule has 1 aromatic heterocycles. The van der Waals surface area contributed by atoms with Crippen molar-refractivity contribution < 1.29 is 4.42 Å². The van der Waals surface area contributed by atoms with Crippen LogP contribution in [-0.4, -0.2) is 0 Å². The van der Waals surface area contributed by atoms with Crippen molar-refractivity contribution in [1.29, 1.82) is 0 Å². The van der Waals surface area contributed by atoms with Gasteiger partial charge in [0.25, 0.3) is 0 Å². The minimum absolute atomic E-state index is 0.508. The first-order chi connectivity index (χ1) is 8.61. The number of nitrogens with one attached hydrogen (secondary N) is 1. The van der Waals surface area contributed by atoms with Crippen LogP contribution in [0.2, 0.25) is 10.0 Å². The zero-order valence-corrected chi connectivity index (χ0v) is 12.9. The van der Waals surface area contributed by atoms with Crippen molar-refractivity contribution >= 4 is 44.8 Å². The van der Waals surface area contributed by atoms with E-state index in [1.54, 1.807) is 0 Å². The molecule has 96 valence electrons. The third-order valence-corrected chi connectivity index (χ3v) is 4.33. The van der Waals surface area contributed by atoms with Crippen molar-refractivity contribution in [3.8, 4) is 0 Å². The summed E-state index contributed by atoms with van der Waals surface area (Å²) in [5.41, 5.74) is 0.791. The minimum Gasteiger partial charge on any atom is -0.464 e. The molecule has 5 heteroatoms. The zero-order chi connectivity index (χ0) is 13.1. The van der Waals surface area contributed by atoms with Crippen molar-refractivity contribution in [1.82, 2.24) is 0 Å². The first-order valence-corrected chi connectivity index (χ1v) is 7.11. The summed E-state index contributed by atoms with van der Waals surface area (Å²) in [5, 5.41) is 4.22. The fourth-order valence-electron chi connectivity index (χ4n) is 1.55. The highest BCUT2D eigenvalue weighted by Crippen LogP contribution is 2.35. The van der Waals surface area contributed by atoms with Gasteiger partial charge in [-0.25, -0.2) is 0 Å². The molecule has 18 heavy (non-hydrogen) atoms. The van der Waals surface area contributed by atoms with E-state index in [1.807, 2.05) is 24.3 Å². The number of halogens is 3. The number of furan rings is 1. The van der Waals surface area contributed by atoms with Crippen LogP contribution in [0.15, 0.2) is 33.2 Å². The Morgan fingerprint density at radius 1 is 1.11 bits per heavy atom. The molecule has 2 aromatic rings. The standard InChI is InChI=1S/C13H12BrCl2NO/c1-2-8-3-4-9(18-8)7-17-11-6-5-10(14)12(15)13(11)16/h3-6,17H,2,7H2,1H3. The lowest BCUT2D eigenvalue weighted by atomic mass is 10.3. The number of aryl methyl sites for hydroxylation is 1. The molecule has 0 amide bonds. The van der Waals surface area contributed by atoms with Gasteiger partial charge in [0, 0.05) is 10.9 Å². The molecule has 0 unspecified atom stereocenters. The summed E-state index contributed by atoms with van der Waals surface area (Å²) in [6, 6.07) is 7.67. The van der Waals surface area contributed by atoms with E-state index in [0.29, 0.717) is 16.6 Å². The highest BCUT2D eigenvalue weighted by atomic mass is 79.9. The van der Waals surface area contributed by atoms with Crippen LogP contribution < -0.4 is 5.32 Å². The van der Waals surface area contributed by atoms with E-state index in [2.05, 4.69) is 28.2 Å². The Hall–Kier alpha value is -0.640. The molecule has 0 spiro atoms. The highest BCUT2D eigenvalue weighted by molar-refractivity contribution is 9.10. The summed E-state index contributed by atoms with van der Waals surface area (Å²) in [5.74, 6) is 1.86. The van der Waals surface area contributed by atoms with Crippen LogP contribution in [0, 0.1) is 0 Å². The Morgan fingerprint density at radius 3 is 2.50 bits per heavy atom. The van der Waals surface area contributed by atoms with E-state index in [0.717, 1.165) is 28.1 Å². The average Bonchev–Trinajstić information content (AvgIpc) is 2.83. The second-order valence-corrected chi connectivity index (χ2v) is 5.41. The molecule has 0 aliphatic heterocycles. The third kappa shape index (κ3) is 3.02. The van der Waals surface area contributed by atoms with Gasteiger partial charge in [0.1, 0.15) is 11.5 Å². The number of benzene rings is 1. The Morgan fingerprint density at radius 2 is 1.83 bits per heavy atom. The van der Waals surface area contributed by atoms with Gasteiger partial charge in [-0.05, 0) is 40.2 Å². The number of rotatable bonds is 4. The SMILES string of the molecule is CCc1ccc(CNc2ccc(Br)c(Cl)c2Cl)o1. The van der Waals surface area contributed by atoms with Crippen molar-refractivity contribution in [2.24, 2.45) is 0 Å². The molecular formula is C13H12BrCl2NO. The smallest absolute Gasteiger partial charge is 0.123 e. The quantitative estimate of drug-likeness (QED) is 0.735. The molecular weight excluding hydrogens is 337 g/mol. The van der Waals surface area contributed by atoms with E-state index >= 15 is 0 Å². The second-order valence-electron chi connectivity index (χ2n) is 3.80. The molecule has 0 saturated carbocycles. The average molecular weight is 349 g/mol. The van der Waals surface area contributed by atoms with E-state index < -0.39 is 0 Å². The predicted molar refractivity (Wildman–Crippen MR) is 79.6 cm³/mol. The molecule has 0 fully saturated rings. The Bertz CT molecular complexity index is 554. The van der Waals surface area contributed by atoms with Crippen LogP contribution >= 0.6 is 39.1 Å². The van der Waals surface area contributed by atoms with Gasteiger partial charge >= 0.3 is 0 Å². The van der Waals surface area contributed by atoms with Gasteiger partial charge in [-0.15, -0.1) is 0 Å². The molecule has 1 N–H and O–H groups in total. The molecule has 1 heterocycles. The maximum atomic E-state index is 6.14. The molecule has 0 saturated heterocycles. The second kappa shape index (κ2) is 6.00. The largest absolute Gasteiger partial charge is 0.464 e. The minimum atomic E-state index is 0.508. The van der Waals surface area contributed by atoms with E-state index in [4.69, 9.17) is 27.6 Å². The lowest BCUT2D eigenvalue weighted by molar-refractivity contribution is 0.476. The molecule has 2 rings (SSSR count). The monoisotopic (exact) mass is 347 g/mol. The molecule has 0 aliphatic carbocycles. The van der Waals surface area contributed by atoms with Crippen LogP contribution in [0.3, 0.4) is 0 Å². The van der Waals surface area contributed by atoms with Crippen LogP contribution in [-0.2, 0) is 13.0 Å². The van der Waals surface area contributed by atoms with Gasteiger partial charge in [-0.2, -0.15) is 0 Å². The summed E-state index contributed by atoms with van der Waals surface area (Å²) in [4.78, 5) is 0. The van der Waals surface area contributed by atoms with Crippen LogP contribution in [0.1, 0.15) is 18.4 Å². The fraction of sp³-hybridized carbons (Fsp3) is 0.231.